The molecule has 19 heavy (non-hydrogen) atoms. The molecular weight excluding hydrogens is 251 g/mol. The predicted molar refractivity (Wildman–Crippen MR) is 68.8 cm³/mol. The molecule has 1 aromatic carbocycles. The fourth-order valence-electron chi connectivity index (χ4n) is 2.23. The van der Waals surface area contributed by atoms with Crippen LogP contribution in [0.3, 0.4) is 0 Å². The van der Waals surface area contributed by atoms with Crippen LogP contribution in [0.1, 0.15) is 12.8 Å². The Kier molecular flexibility index (Phi) is 4.21. The molecule has 0 bridgehead atoms. The molecule has 5 nitrogen and oxygen atoms in total. The third-order valence-electron chi connectivity index (χ3n) is 3.25. The lowest BCUT2D eigenvalue weighted by Gasteiger charge is -2.23. The first-order valence-corrected chi connectivity index (χ1v) is 6.17. The van der Waals surface area contributed by atoms with E-state index in [2.05, 4.69) is 5.32 Å². The molecule has 0 aliphatic carbocycles. The van der Waals surface area contributed by atoms with E-state index >= 15 is 0 Å². The molecule has 0 unspecified atom stereocenters. The van der Waals surface area contributed by atoms with Crippen LogP contribution in [-0.2, 0) is 0 Å². The molecule has 2 rings (SSSR count). The smallest absolute Gasteiger partial charge is 0.322 e. The van der Waals surface area contributed by atoms with Crippen molar-refractivity contribution in [3.8, 4) is 5.75 Å². The molecular formula is C13H17FN2O3. The molecule has 1 saturated heterocycles. The second-order valence-corrected chi connectivity index (χ2v) is 4.45. The number of aliphatic hydroxyl groups is 1. The number of benzene rings is 1. The second kappa shape index (κ2) is 5.88. The zero-order valence-electron chi connectivity index (χ0n) is 10.7. The Balaban J connectivity index is 2.04. The molecule has 2 amide bonds. The van der Waals surface area contributed by atoms with Gasteiger partial charge in [0.1, 0.15) is 0 Å². The maximum atomic E-state index is 13.5. The van der Waals surface area contributed by atoms with Gasteiger partial charge in [0.05, 0.1) is 19.8 Å². The highest BCUT2D eigenvalue weighted by molar-refractivity contribution is 5.89. The SMILES string of the molecule is COc1ccc(NC(=O)N2CCC[C@H]2CO)cc1F. The van der Waals surface area contributed by atoms with Crippen molar-refractivity contribution < 1.29 is 19.0 Å². The van der Waals surface area contributed by atoms with E-state index in [1.165, 1.54) is 19.2 Å². The average molecular weight is 268 g/mol. The highest BCUT2D eigenvalue weighted by Crippen LogP contribution is 2.22. The summed E-state index contributed by atoms with van der Waals surface area (Å²) in [5.41, 5.74) is 0.367. The number of halogens is 1. The Hall–Kier alpha value is -1.82. The highest BCUT2D eigenvalue weighted by Gasteiger charge is 2.28. The summed E-state index contributed by atoms with van der Waals surface area (Å²) in [6, 6.07) is 3.77. The molecule has 1 fully saturated rings. The lowest BCUT2D eigenvalue weighted by molar-refractivity contribution is 0.166. The van der Waals surface area contributed by atoms with Crippen molar-refractivity contribution in [1.82, 2.24) is 4.90 Å². The van der Waals surface area contributed by atoms with Gasteiger partial charge in [-0.1, -0.05) is 0 Å². The van der Waals surface area contributed by atoms with Crippen LogP contribution >= 0.6 is 0 Å². The van der Waals surface area contributed by atoms with Gasteiger partial charge in [0.15, 0.2) is 11.6 Å². The first kappa shape index (κ1) is 13.6. The number of rotatable bonds is 3. The molecule has 1 atom stereocenters. The summed E-state index contributed by atoms with van der Waals surface area (Å²) in [6.45, 7) is 0.556. The maximum absolute atomic E-state index is 13.5. The maximum Gasteiger partial charge on any atom is 0.322 e. The summed E-state index contributed by atoms with van der Waals surface area (Å²) < 4.78 is 18.3. The number of hydrogen-bond donors (Lipinski definition) is 2. The highest BCUT2D eigenvalue weighted by atomic mass is 19.1. The zero-order chi connectivity index (χ0) is 13.8. The number of likely N-dealkylation sites (tertiary alicyclic amines) is 1. The van der Waals surface area contributed by atoms with Gasteiger partial charge in [-0.3, -0.25) is 0 Å². The topological polar surface area (TPSA) is 61.8 Å². The fourth-order valence-corrected chi connectivity index (χ4v) is 2.23. The molecule has 0 spiro atoms. The van der Waals surface area contributed by atoms with E-state index in [0.717, 1.165) is 12.8 Å². The molecule has 1 aliphatic heterocycles. The van der Waals surface area contributed by atoms with Crippen LogP contribution in [0.5, 0.6) is 5.75 Å². The van der Waals surface area contributed by atoms with Gasteiger partial charge >= 0.3 is 6.03 Å². The van der Waals surface area contributed by atoms with Gasteiger partial charge in [0.25, 0.3) is 0 Å². The molecule has 0 radical (unpaired) electrons. The van der Waals surface area contributed by atoms with Gasteiger partial charge in [0.2, 0.25) is 0 Å². The summed E-state index contributed by atoms with van der Waals surface area (Å²) in [6.07, 6.45) is 1.66. The standard InChI is InChI=1S/C13H17FN2O3/c1-19-12-5-4-9(7-11(12)14)15-13(18)16-6-2-3-10(16)8-17/h4-5,7,10,17H,2-3,6,8H2,1H3,(H,15,18)/t10-/m0/s1. The van der Waals surface area contributed by atoms with Crippen molar-refractivity contribution >= 4 is 11.7 Å². The Morgan fingerprint density at radius 3 is 3.05 bits per heavy atom. The molecule has 1 aromatic rings. The van der Waals surface area contributed by atoms with Gasteiger partial charge in [-0.15, -0.1) is 0 Å². The number of nitrogens with zero attached hydrogens (tertiary/aromatic N) is 1. The molecule has 6 heteroatoms. The summed E-state index contributed by atoms with van der Waals surface area (Å²) >= 11 is 0. The van der Waals surface area contributed by atoms with Crippen LogP contribution < -0.4 is 10.1 Å². The molecule has 2 N–H and O–H groups in total. The third kappa shape index (κ3) is 2.96. The first-order chi connectivity index (χ1) is 9.15. The summed E-state index contributed by atoms with van der Waals surface area (Å²) in [7, 11) is 1.38. The number of ether oxygens (including phenoxy) is 1. The lowest BCUT2D eigenvalue weighted by Crippen LogP contribution is -2.40. The number of methoxy groups -OCH3 is 1. The number of urea groups is 1. The Labute approximate surface area is 111 Å². The van der Waals surface area contributed by atoms with Crippen molar-refractivity contribution in [3.05, 3.63) is 24.0 Å². The van der Waals surface area contributed by atoms with Crippen molar-refractivity contribution in [2.24, 2.45) is 0 Å². The minimum Gasteiger partial charge on any atom is -0.494 e. The van der Waals surface area contributed by atoms with Gasteiger partial charge in [0, 0.05) is 18.3 Å². The number of amides is 2. The normalized spacial score (nSPS) is 18.5. The van der Waals surface area contributed by atoms with Crippen molar-refractivity contribution in [2.45, 2.75) is 18.9 Å². The quantitative estimate of drug-likeness (QED) is 0.879. The number of hydrogen-bond acceptors (Lipinski definition) is 3. The van der Waals surface area contributed by atoms with E-state index in [1.807, 2.05) is 0 Å². The van der Waals surface area contributed by atoms with Crippen LogP contribution in [0.15, 0.2) is 18.2 Å². The summed E-state index contributed by atoms with van der Waals surface area (Å²) in [5.74, 6) is -0.396. The number of aliphatic hydroxyl groups excluding tert-OH is 1. The van der Waals surface area contributed by atoms with E-state index in [-0.39, 0.29) is 24.4 Å². The predicted octanol–water partition coefficient (Wildman–Crippen LogP) is 1.82. The van der Waals surface area contributed by atoms with Crippen molar-refractivity contribution in [2.75, 3.05) is 25.6 Å². The Morgan fingerprint density at radius 1 is 1.63 bits per heavy atom. The largest absolute Gasteiger partial charge is 0.494 e. The molecule has 0 saturated carbocycles. The second-order valence-electron chi connectivity index (χ2n) is 4.45. The lowest BCUT2D eigenvalue weighted by atomic mass is 10.2. The van der Waals surface area contributed by atoms with E-state index < -0.39 is 5.82 Å². The molecule has 1 heterocycles. The van der Waals surface area contributed by atoms with Crippen LogP contribution in [0.25, 0.3) is 0 Å². The number of nitrogens with one attached hydrogen (secondary N) is 1. The Morgan fingerprint density at radius 2 is 2.42 bits per heavy atom. The van der Waals surface area contributed by atoms with Gasteiger partial charge in [-0.25, -0.2) is 9.18 Å². The van der Waals surface area contributed by atoms with Crippen LogP contribution in [0, 0.1) is 5.82 Å². The molecule has 104 valence electrons. The monoisotopic (exact) mass is 268 g/mol. The van der Waals surface area contributed by atoms with Crippen LogP contribution in [0.4, 0.5) is 14.9 Å². The van der Waals surface area contributed by atoms with Crippen LogP contribution in [0.2, 0.25) is 0 Å². The zero-order valence-corrected chi connectivity index (χ0v) is 10.7. The number of carbonyl (C=O) groups is 1. The van der Waals surface area contributed by atoms with E-state index in [0.29, 0.717) is 12.2 Å². The minimum atomic E-state index is -0.527. The molecule has 0 aromatic heterocycles. The number of carbonyl (C=O) groups excluding carboxylic acids is 1. The fraction of sp³-hybridized carbons (Fsp3) is 0.462. The van der Waals surface area contributed by atoms with Gasteiger partial charge in [-0.2, -0.15) is 0 Å². The number of anilines is 1. The summed E-state index contributed by atoms with van der Waals surface area (Å²) in [5, 5.41) is 11.8. The average Bonchev–Trinajstić information content (AvgIpc) is 2.87. The minimum absolute atomic E-state index is 0.0512. The molecule has 1 aliphatic rings. The van der Waals surface area contributed by atoms with Gasteiger partial charge in [-0.05, 0) is 25.0 Å². The van der Waals surface area contributed by atoms with Crippen LogP contribution in [-0.4, -0.2) is 42.3 Å². The third-order valence-corrected chi connectivity index (χ3v) is 3.25. The first-order valence-electron chi connectivity index (χ1n) is 6.17. The van der Waals surface area contributed by atoms with Crippen molar-refractivity contribution in [1.29, 1.82) is 0 Å². The van der Waals surface area contributed by atoms with Crippen molar-refractivity contribution in [3.63, 3.8) is 0 Å². The van der Waals surface area contributed by atoms with Gasteiger partial charge < -0.3 is 20.1 Å². The van der Waals surface area contributed by atoms with E-state index in [4.69, 9.17) is 9.84 Å². The van der Waals surface area contributed by atoms with E-state index in [9.17, 15) is 9.18 Å². The Bertz CT molecular complexity index is 467. The summed E-state index contributed by atoms with van der Waals surface area (Å²) in [4.78, 5) is 13.6. The van der Waals surface area contributed by atoms with E-state index in [1.54, 1.807) is 11.0 Å².